The molecule has 14 nitrogen and oxygen atoms in total. The molecule has 2 heterocycles. The standard InChI is InChI=1S/C27H34O14/c1-37-17-8-12(4-5-16(17)39-27-25(36)23(34)21(32)19(11-29)41-27)2-3-13-6-14(30)9-15(7-13)38-26-24(35)22(33)20(31)18(10-28)40-26/h2-9,18-36H,10-11H2,1H3. The van der Waals surface area contributed by atoms with Crippen molar-refractivity contribution in [3.8, 4) is 23.0 Å². The Kier molecular flexibility index (Phi) is 10.0. The molecule has 10 atom stereocenters. The molecule has 0 radical (unpaired) electrons. The summed E-state index contributed by atoms with van der Waals surface area (Å²) < 4.78 is 27.3. The number of phenols is 1. The van der Waals surface area contributed by atoms with Gasteiger partial charge in [-0.15, -0.1) is 0 Å². The fraction of sp³-hybridized carbons (Fsp3) is 0.481. The van der Waals surface area contributed by atoms with Gasteiger partial charge in [0.1, 0.15) is 60.3 Å². The highest BCUT2D eigenvalue weighted by molar-refractivity contribution is 5.72. The number of methoxy groups -OCH3 is 1. The third-order valence-corrected chi connectivity index (χ3v) is 6.76. The first-order valence-corrected chi connectivity index (χ1v) is 12.7. The van der Waals surface area contributed by atoms with Crippen molar-refractivity contribution >= 4 is 12.2 Å². The van der Waals surface area contributed by atoms with Crippen molar-refractivity contribution in [3.63, 3.8) is 0 Å². The monoisotopic (exact) mass is 582 g/mol. The minimum atomic E-state index is -1.62. The fourth-order valence-corrected chi connectivity index (χ4v) is 4.44. The van der Waals surface area contributed by atoms with E-state index >= 15 is 0 Å². The maximum atomic E-state index is 10.2. The van der Waals surface area contributed by atoms with Crippen LogP contribution in [0.3, 0.4) is 0 Å². The van der Waals surface area contributed by atoms with Crippen LogP contribution in [0.25, 0.3) is 12.2 Å². The van der Waals surface area contributed by atoms with Crippen molar-refractivity contribution < 1.29 is 69.6 Å². The molecule has 14 heteroatoms. The Labute approximate surface area is 234 Å². The molecule has 0 aromatic heterocycles. The molecule has 2 aromatic carbocycles. The predicted octanol–water partition coefficient (Wildman–Crippen LogP) is -2.07. The third-order valence-electron chi connectivity index (χ3n) is 6.76. The van der Waals surface area contributed by atoms with Crippen LogP contribution in [0.4, 0.5) is 0 Å². The summed E-state index contributed by atoms with van der Waals surface area (Å²) in [5.74, 6) is 0.302. The minimum absolute atomic E-state index is 0.0786. The van der Waals surface area contributed by atoms with Crippen LogP contribution in [0.5, 0.6) is 23.0 Å². The average Bonchev–Trinajstić information content (AvgIpc) is 2.96. The second kappa shape index (κ2) is 13.3. The van der Waals surface area contributed by atoms with Crippen LogP contribution in [0.2, 0.25) is 0 Å². The van der Waals surface area contributed by atoms with E-state index < -0.39 is 74.6 Å². The summed E-state index contributed by atoms with van der Waals surface area (Å²) in [4.78, 5) is 0. The van der Waals surface area contributed by atoms with Gasteiger partial charge >= 0.3 is 0 Å². The Morgan fingerprint density at radius 3 is 1.78 bits per heavy atom. The van der Waals surface area contributed by atoms with Gasteiger partial charge in [0, 0.05) is 6.07 Å². The Morgan fingerprint density at radius 1 is 0.659 bits per heavy atom. The van der Waals surface area contributed by atoms with Crippen molar-refractivity contribution in [2.24, 2.45) is 0 Å². The van der Waals surface area contributed by atoms with E-state index in [2.05, 4.69) is 0 Å². The van der Waals surface area contributed by atoms with Gasteiger partial charge in [0.2, 0.25) is 12.6 Å². The molecule has 2 saturated heterocycles. The molecule has 0 amide bonds. The first kappa shape index (κ1) is 30.9. The van der Waals surface area contributed by atoms with E-state index in [4.69, 9.17) is 23.7 Å². The van der Waals surface area contributed by atoms with Crippen molar-refractivity contribution in [2.45, 2.75) is 61.4 Å². The summed E-state index contributed by atoms with van der Waals surface area (Å²) >= 11 is 0. The summed E-state index contributed by atoms with van der Waals surface area (Å²) in [7, 11) is 1.39. The van der Waals surface area contributed by atoms with E-state index in [0.29, 0.717) is 11.1 Å². The first-order valence-electron chi connectivity index (χ1n) is 12.7. The van der Waals surface area contributed by atoms with E-state index in [-0.39, 0.29) is 23.0 Å². The molecule has 0 saturated carbocycles. The van der Waals surface area contributed by atoms with Crippen molar-refractivity contribution in [3.05, 3.63) is 47.5 Å². The summed E-state index contributed by atoms with van der Waals surface area (Å²) in [6.45, 7) is -1.22. The number of aromatic hydroxyl groups is 1. The molecule has 9 N–H and O–H groups in total. The molecule has 2 aliphatic heterocycles. The normalized spacial score (nSPS) is 34.0. The Bertz CT molecular complexity index is 1190. The topological polar surface area (TPSA) is 228 Å². The molecule has 2 aromatic rings. The number of hydrogen-bond acceptors (Lipinski definition) is 14. The minimum Gasteiger partial charge on any atom is -0.508 e. The Hall–Kier alpha value is -3.02. The molecule has 2 aliphatic rings. The van der Waals surface area contributed by atoms with E-state index in [1.54, 1.807) is 24.3 Å². The summed E-state index contributed by atoms with van der Waals surface area (Å²) in [6, 6.07) is 8.98. The zero-order valence-electron chi connectivity index (χ0n) is 21.9. The van der Waals surface area contributed by atoms with Gasteiger partial charge in [-0.3, -0.25) is 0 Å². The summed E-state index contributed by atoms with van der Waals surface area (Å²) in [6.07, 6.45) is -11.3. The van der Waals surface area contributed by atoms with Crippen molar-refractivity contribution in [2.75, 3.05) is 20.3 Å². The summed E-state index contributed by atoms with van der Waals surface area (Å²) in [5.41, 5.74) is 1.10. The number of phenolic OH excluding ortho intramolecular Hbond substituents is 1. The van der Waals surface area contributed by atoms with Gasteiger partial charge in [-0.25, -0.2) is 0 Å². The highest BCUT2D eigenvalue weighted by Gasteiger charge is 2.46. The van der Waals surface area contributed by atoms with Gasteiger partial charge in [0.05, 0.1) is 20.3 Å². The quantitative estimate of drug-likeness (QED) is 0.145. The lowest BCUT2D eigenvalue weighted by Crippen LogP contribution is -2.60. The molecule has 0 aliphatic carbocycles. The fourth-order valence-electron chi connectivity index (χ4n) is 4.44. The van der Waals surface area contributed by atoms with Gasteiger partial charge < -0.3 is 69.6 Å². The zero-order valence-corrected chi connectivity index (χ0v) is 21.9. The smallest absolute Gasteiger partial charge is 0.229 e. The molecule has 0 bridgehead atoms. The van der Waals surface area contributed by atoms with E-state index in [1.165, 1.54) is 31.4 Å². The van der Waals surface area contributed by atoms with Gasteiger partial charge in [0.25, 0.3) is 0 Å². The maximum absolute atomic E-state index is 10.2. The van der Waals surface area contributed by atoms with Gasteiger partial charge in [0.15, 0.2) is 11.5 Å². The first-order chi connectivity index (χ1) is 19.6. The molecule has 41 heavy (non-hydrogen) atoms. The van der Waals surface area contributed by atoms with Gasteiger partial charge in [-0.05, 0) is 35.4 Å². The van der Waals surface area contributed by atoms with Crippen LogP contribution in [0.1, 0.15) is 11.1 Å². The van der Waals surface area contributed by atoms with E-state index in [0.717, 1.165) is 0 Å². The van der Waals surface area contributed by atoms with E-state index in [1.807, 2.05) is 0 Å². The molecule has 4 rings (SSSR count). The number of aliphatic hydroxyl groups is 8. The maximum Gasteiger partial charge on any atom is 0.229 e. The molecular weight excluding hydrogens is 548 g/mol. The molecule has 2 fully saturated rings. The second-order valence-electron chi connectivity index (χ2n) is 9.63. The average molecular weight is 583 g/mol. The highest BCUT2D eigenvalue weighted by atomic mass is 16.7. The Morgan fingerprint density at radius 2 is 1.22 bits per heavy atom. The highest BCUT2D eigenvalue weighted by Crippen LogP contribution is 2.33. The van der Waals surface area contributed by atoms with Crippen LogP contribution in [-0.2, 0) is 9.47 Å². The summed E-state index contributed by atoms with van der Waals surface area (Å²) in [5, 5.41) is 89.2. The van der Waals surface area contributed by atoms with Crippen LogP contribution < -0.4 is 14.2 Å². The van der Waals surface area contributed by atoms with E-state index in [9.17, 15) is 46.0 Å². The second-order valence-corrected chi connectivity index (χ2v) is 9.63. The lowest BCUT2D eigenvalue weighted by molar-refractivity contribution is -0.277. The largest absolute Gasteiger partial charge is 0.508 e. The third kappa shape index (κ3) is 6.90. The Balaban J connectivity index is 1.47. The number of benzene rings is 2. The number of hydrogen-bond donors (Lipinski definition) is 9. The SMILES string of the molecule is COc1cc(C=Cc2cc(O)cc(OC3OC(CO)C(O)C(O)C3O)c2)ccc1OC1OC(CO)C(O)C(O)C1O. The lowest BCUT2D eigenvalue weighted by Gasteiger charge is -2.39. The molecular formula is C27H34O14. The van der Waals surface area contributed by atoms with Crippen LogP contribution in [0.15, 0.2) is 36.4 Å². The van der Waals surface area contributed by atoms with Crippen molar-refractivity contribution in [1.82, 2.24) is 0 Å². The van der Waals surface area contributed by atoms with Gasteiger partial charge in [-0.2, -0.15) is 0 Å². The number of aliphatic hydroxyl groups excluding tert-OH is 8. The van der Waals surface area contributed by atoms with Gasteiger partial charge in [-0.1, -0.05) is 18.2 Å². The predicted molar refractivity (Wildman–Crippen MR) is 139 cm³/mol. The zero-order chi connectivity index (χ0) is 29.8. The molecule has 0 spiro atoms. The van der Waals surface area contributed by atoms with Crippen LogP contribution >= 0.6 is 0 Å². The van der Waals surface area contributed by atoms with Crippen molar-refractivity contribution in [1.29, 1.82) is 0 Å². The van der Waals surface area contributed by atoms with Crippen LogP contribution in [-0.4, -0.2) is 128 Å². The molecule has 10 unspecified atom stereocenters. The molecule has 226 valence electrons. The number of ether oxygens (including phenoxy) is 5. The lowest BCUT2D eigenvalue weighted by atomic mass is 9.99. The number of rotatable bonds is 9. The van der Waals surface area contributed by atoms with Crippen LogP contribution in [0, 0.1) is 0 Å².